The number of aliphatic hydroxyl groups is 1. The lowest BCUT2D eigenvalue weighted by Crippen LogP contribution is -2.48. The molecule has 2 aromatic carbocycles. The SMILES string of the molecule is Cc1ncsc1-c1ccc(C(C)NC(=O)[C@@H]2C[C@@H](O)CN2C(=O)C(c2cc(N3CCC(CN4CCC(Oc5cc(N6CCC(n7nc(N)c8nnc(-c9ccccc9O)cc87)CC6)ccn5)CC4)CC3)no2)C(C)C)cc1. The fraction of sp³-hybridized carbons (Fsp3) is 0.474. The molecule has 404 valence electrons. The number of carbonyl (C=O) groups is 2. The molecule has 2 amide bonds. The normalized spacial score (nSPS) is 20.1. The first-order valence-corrected chi connectivity index (χ1v) is 28.1. The van der Waals surface area contributed by atoms with Crippen molar-refractivity contribution in [3.63, 3.8) is 0 Å². The molecule has 20 heteroatoms. The average Bonchev–Trinajstić information content (AvgIpc) is 4.29. The number of aromatic nitrogens is 7. The van der Waals surface area contributed by atoms with Gasteiger partial charge in [0.15, 0.2) is 22.9 Å². The molecule has 4 saturated heterocycles. The lowest BCUT2D eigenvalue weighted by atomic mass is 9.91. The molecule has 7 aromatic rings. The van der Waals surface area contributed by atoms with Gasteiger partial charge in [-0.1, -0.05) is 55.4 Å². The van der Waals surface area contributed by atoms with E-state index >= 15 is 0 Å². The van der Waals surface area contributed by atoms with Gasteiger partial charge in [0.2, 0.25) is 17.7 Å². The molecule has 5 N–H and O–H groups in total. The van der Waals surface area contributed by atoms with E-state index in [1.165, 1.54) is 4.90 Å². The van der Waals surface area contributed by atoms with Gasteiger partial charge in [0.1, 0.15) is 23.8 Å². The van der Waals surface area contributed by atoms with Gasteiger partial charge in [-0.05, 0) is 99.6 Å². The van der Waals surface area contributed by atoms with Crippen molar-refractivity contribution in [2.24, 2.45) is 11.8 Å². The highest BCUT2D eigenvalue weighted by Gasteiger charge is 2.44. The topological polar surface area (TPSA) is 230 Å². The summed E-state index contributed by atoms with van der Waals surface area (Å²) in [7, 11) is 0. The van der Waals surface area contributed by atoms with Crippen LogP contribution in [0, 0.1) is 18.8 Å². The molecular weight excluding hydrogens is 995 g/mol. The number of aromatic hydroxyl groups is 1. The van der Waals surface area contributed by atoms with E-state index in [9.17, 15) is 19.8 Å². The van der Waals surface area contributed by atoms with Gasteiger partial charge in [-0.3, -0.25) is 14.3 Å². The Morgan fingerprint density at radius 3 is 2.38 bits per heavy atom. The predicted molar refractivity (Wildman–Crippen MR) is 296 cm³/mol. The van der Waals surface area contributed by atoms with Crippen LogP contribution < -0.4 is 25.6 Å². The minimum absolute atomic E-state index is 0.0794. The second kappa shape index (κ2) is 22.4. The summed E-state index contributed by atoms with van der Waals surface area (Å²) in [6, 6.07) is 22.2. The number of carbonyl (C=O) groups excluding carboxylic acids is 2. The minimum atomic E-state index is -0.807. The molecule has 0 saturated carbocycles. The molecule has 77 heavy (non-hydrogen) atoms. The summed E-state index contributed by atoms with van der Waals surface area (Å²) in [5, 5.41) is 42.3. The van der Waals surface area contributed by atoms with E-state index in [-0.39, 0.29) is 54.6 Å². The molecule has 4 fully saturated rings. The maximum absolute atomic E-state index is 14.4. The number of piperidine rings is 3. The van der Waals surface area contributed by atoms with Crippen LogP contribution in [-0.2, 0) is 9.59 Å². The maximum Gasteiger partial charge on any atom is 0.243 e. The minimum Gasteiger partial charge on any atom is -0.507 e. The van der Waals surface area contributed by atoms with Crippen LogP contribution in [0.15, 0.2) is 89.0 Å². The Kier molecular flexibility index (Phi) is 15.1. The number of nitrogen functional groups attached to an aromatic ring is 1. The Labute approximate surface area is 452 Å². The molecule has 9 heterocycles. The summed E-state index contributed by atoms with van der Waals surface area (Å²) in [6.45, 7) is 14.3. The van der Waals surface area contributed by atoms with Gasteiger partial charge in [-0.25, -0.2) is 9.97 Å². The highest BCUT2D eigenvalue weighted by Crippen LogP contribution is 2.37. The number of hydrogen-bond donors (Lipinski definition) is 4. The van der Waals surface area contributed by atoms with Gasteiger partial charge in [-0.15, -0.1) is 21.5 Å². The Morgan fingerprint density at radius 1 is 0.896 bits per heavy atom. The van der Waals surface area contributed by atoms with Crippen LogP contribution >= 0.6 is 11.3 Å². The van der Waals surface area contributed by atoms with Crippen LogP contribution in [0.25, 0.3) is 32.7 Å². The van der Waals surface area contributed by atoms with Crippen LogP contribution in [0.5, 0.6) is 11.6 Å². The molecule has 0 bridgehead atoms. The summed E-state index contributed by atoms with van der Waals surface area (Å²) < 4.78 is 14.5. The summed E-state index contributed by atoms with van der Waals surface area (Å²) in [5.41, 5.74) is 14.8. The van der Waals surface area contributed by atoms with Gasteiger partial charge in [-0.2, -0.15) is 5.10 Å². The lowest BCUT2D eigenvalue weighted by molar-refractivity contribution is -0.141. The molecule has 5 aromatic heterocycles. The number of fused-ring (bicyclic) bond motifs is 1. The monoisotopic (exact) mass is 1060 g/mol. The van der Waals surface area contributed by atoms with E-state index < -0.39 is 18.1 Å². The van der Waals surface area contributed by atoms with E-state index in [1.54, 1.807) is 23.5 Å². The Hall–Kier alpha value is -7.16. The summed E-state index contributed by atoms with van der Waals surface area (Å²) in [5.74, 6) is 1.58. The number of rotatable bonds is 15. The average molecular weight is 1060 g/mol. The number of anilines is 3. The number of phenols is 1. The highest BCUT2D eigenvalue weighted by molar-refractivity contribution is 7.13. The van der Waals surface area contributed by atoms with Gasteiger partial charge in [0.25, 0.3) is 0 Å². The second-order valence-corrected chi connectivity index (χ2v) is 22.6. The number of β-amino-alcohol motifs (C(OH)–C–C–N with tert-alkyl or cyclic N) is 1. The molecular formula is C57H69N13O6S. The van der Waals surface area contributed by atoms with E-state index in [0.717, 1.165) is 123 Å². The number of ether oxygens (including phenoxy) is 1. The predicted octanol–water partition coefficient (Wildman–Crippen LogP) is 7.78. The summed E-state index contributed by atoms with van der Waals surface area (Å²) in [4.78, 5) is 47.1. The van der Waals surface area contributed by atoms with Crippen molar-refractivity contribution in [1.82, 2.24) is 50.2 Å². The molecule has 11 rings (SSSR count). The molecule has 0 radical (unpaired) electrons. The summed E-state index contributed by atoms with van der Waals surface area (Å²) in [6.07, 6.45) is 6.97. The first kappa shape index (κ1) is 51.9. The number of phenolic OH excluding ortho intramolecular Hbond substituents is 1. The molecule has 0 aliphatic carbocycles. The molecule has 4 aliphatic heterocycles. The molecule has 0 spiro atoms. The zero-order chi connectivity index (χ0) is 53.3. The van der Waals surface area contributed by atoms with E-state index in [0.29, 0.717) is 40.2 Å². The summed E-state index contributed by atoms with van der Waals surface area (Å²) >= 11 is 1.60. The Balaban J connectivity index is 0.629. The van der Waals surface area contributed by atoms with Crippen molar-refractivity contribution >= 4 is 51.5 Å². The van der Waals surface area contributed by atoms with Crippen LogP contribution in [0.3, 0.4) is 0 Å². The number of benzene rings is 2. The third kappa shape index (κ3) is 11.2. The first-order valence-electron chi connectivity index (χ1n) is 27.2. The van der Waals surface area contributed by atoms with Crippen molar-refractivity contribution in [2.75, 3.05) is 67.9 Å². The zero-order valence-corrected chi connectivity index (χ0v) is 45.1. The number of nitrogens with two attached hydrogens (primary N) is 1. The molecule has 19 nitrogen and oxygen atoms in total. The number of nitrogens with one attached hydrogen (secondary N) is 1. The Morgan fingerprint density at radius 2 is 1.65 bits per heavy atom. The van der Waals surface area contributed by atoms with Gasteiger partial charge < -0.3 is 50.1 Å². The van der Waals surface area contributed by atoms with Crippen molar-refractivity contribution in [3.05, 3.63) is 102 Å². The number of likely N-dealkylation sites (tertiary alicyclic amines) is 2. The van der Waals surface area contributed by atoms with Crippen LogP contribution in [0.4, 0.5) is 17.3 Å². The third-order valence-corrected chi connectivity index (χ3v) is 17.2. The number of para-hydroxylation sites is 1. The van der Waals surface area contributed by atoms with Crippen molar-refractivity contribution in [3.8, 4) is 33.3 Å². The lowest BCUT2D eigenvalue weighted by Gasteiger charge is -2.37. The number of aliphatic hydroxyl groups excluding tert-OH is 1. The first-order chi connectivity index (χ1) is 37.3. The fourth-order valence-electron chi connectivity index (χ4n) is 11.9. The van der Waals surface area contributed by atoms with Gasteiger partial charge in [0.05, 0.1) is 45.5 Å². The number of aryl methyl sites for hydroxylation is 1. The van der Waals surface area contributed by atoms with Crippen LogP contribution in [-0.4, -0.2) is 138 Å². The van der Waals surface area contributed by atoms with Crippen LogP contribution in [0.2, 0.25) is 0 Å². The zero-order valence-electron chi connectivity index (χ0n) is 44.2. The van der Waals surface area contributed by atoms with Crippen molar-refractivity contribution in [2.45, 2.75) is 109 Å². The van der Waals surface area contributed by atoms with Crippen LogP contribution in [0.1, 0.15) is 101 Å². The largest absolute Gasteiger partial charge is 0.507 e. The molecule has 2 unspecified atom stereocenters. The van der Waals surface area contributed by atoms with Crippen molar-refractivity contribution in [1.29, 1.82) is 0 Å². The quantitative estimate of drug-likeness (QED) is 0.0768. The molecule has 4 aliphatic rings. The number of pyridine rings is 1. The maximum atomic E-state index is 14.4. The van der Waals surface area contributed by atoms with E-state index in [1.807, 2.05) is 92.6 Å². The molecule has 4 atom stereocenters. The van der Waals surface area contributed by atoms with Gasteiger partial charge in [0, 0.05) is 88.4 Å². The number of nitrogens with zero attached hydrogens (tertiary/aromatic N) is 11. The van der Waals surface area contributed by atoms with E-state index in [4.69, 9.17) is 20.1 Å². The van der Waals surface area contributed by atoms with Crippen molar-refractivity contribution < 1.29 is 29.1 Å². The number of amides is 2. The highest BCUT2D eigenvalue weighted by atomic mass is 32.1. The Bertz CT molecular complexity index is 3170. The number of thiazole rings is 1. The van der Waals surface area contributed by atoms with Gasteiger partial charge >= 0.3 is 0 Å². The fourth-order valence-corrected chi connectivity index (χ4v) is 12.7. The standard InChI is InChI=1S/C57H69N13O6S/c1-34(2)52(57(74)69-32-42(71)28-47(69)56(73)61-35(3)38-9-11-39(12-10-38)54-36(4)60-33-77-54)49-30-50(65-76-49)68-23-14-37(15-24-68)31-66-21-18-43(19-22-66)75-51-27-41(13-20-59-51)67-25-16-40(17-26-67)70-46-29-45(44-7-5-6-8-48(44)72)62-63-53(46)55(58)64-70/h5-13,20,27,29-30,33-35,37,40,42-43,47,52,71-72H,14-19,21-26,28,31-32H2,1-4H3,(H2,58,64)(H,61,73)/t35?,42-,47+,52?/m1/s1. The smallest absolute Gasteiger partial charge is 0.243 e. The van der Waals surface area contributed by atoms with E-state index in [2.05, 4.69) is 57.5 Å². The second-order valence-electron chi connectivity index (χ2n) is 21.8. The third-order valence-electron chi connectivity index (χ3n) is 16.2. The number of hydrogen-bond acceptors (Lipinski definition) is 17.